The van der Waals surface area contributed by atoms with Crippen molar-refractivity contribution in [3.63, 3.8) is 0 Å². The van der Waals surface area contributed by atoms with Gasteiger partial charge in [0.05, 0.1) is 45.3 Å². The summed E-state index contributed by atoms with van der Waals surface area (Å²) in [6.07, 6.45) is 0. The van der Waals surface area contributed by atoms with Crippen LogP contribution in [0.4, 0.5) is 0 Å². The molecule has 36 heavy (non-hydrogen) atoms. The fourth-order valence-corrected chi connectivity index (χ4v) is 4.70. The first-order valence-corrected chi connectivity index (χ1v) is 12.0. The molecule has 0 amide bonds. The number of thioether (sulfide) groups is 1. The quantitative estimate of drug-likeness (QED) is 0.183. The van der Waals surface area contributed by atoms with Crippen molar-refractivity contribution in [2.24, 2.45) is 0 Å². The van der Waals surface area contributed by atoms with Gasteiger partial charge >= 0.3 is 0 Å². The Kier molecular flexibility index (Phi) is 7.49. The molecular weight excluding hydrogens is 480 g/mol. The van der Waals surface area contributed by atoms with Crippen molar-refractivity contribution < 1.29 is 23.7 Å². The third-order valence-electron chi connectivity index (χ3n) is 5.65. The van der Waals surface area contributed by atoms with Crippen LogP contribution in [0.15, 0.2) is 64.5 Å². The number of ketones is 1. The van der Waals surface area contributed by atoms with E-state index in [2.05, 4.69) is 0 Å². The van der Waals surface area contributed by atoms with Crippen LogP contribution in [0.1, 0.15) is 15.9 Å². The van der Waals surface area contributed by atoms with Gasteiger partial charge in [-0.25, -0.2) is 4.98 Å². The van der Waals surface area contributed by atoms with E-state index in [1.807, 2.05) is 19.1 Å². The second kappa shape index (κ2) is 10.7. The van der Waals surface area contributed by atoms with Crippen LogP contribution in [0.2, 0.25) is 0 Å². The molecule has 186 valence electrons. The number of Topliss-reactive ketones (excluding diaryl/α,β-unsaturated/α-hetero) is 1. The van der Waals surface area contributed by atoms with Gasteiger partial charge in [-0.15, -0.1) is 0 Å². The Morgan fingerprint density at radius 2 is 1.64 bits per heavy atom. The van der Waals surface area contributed by atoms with Crippen molar-refractivity contribution >= 4 is 28.4 Å². The summed E-state index contributed by atoms with van der Waals surface area (Å²) in [5, 5.41) is 0.605. The van der Waals surface area contributed by atoms with E-state index < -0.39 is 0 Å². The second-order valence-electron chi connectivity index (χ2n) is 7.86. The fraction of sp³-hybridized carbons (Fsp3) is 0.222. The van der Waals surface area contributed by atoms with Gasteiger partial charge in [0.1, 0.15) is 11.3 Å². The van der Waals surface area contributed by atoms with Crippen LogP contribution >= 0.6 is 11.8 Å². The maximum atomic E-state index is 13.9. The normalized spacial score (nSPS) is 10.8. The van der Waals surface area contributed by atoms with Crippen LogP contribution in [0.5, 0.6) is 23.0 Å². The van der Waals surface area contributed by atoms with Crippen LogP contribution in [0.3, 0.4) is 0 Å². The summed E-state index contributed by atoms with van der Waals surface area (Å²) in [7, 11) is 6.00. The SMILES string of the molecule is COc1cccc(-n2c(SCC(=O)c3ccc(C)cc3)nc3c(OC)c(OC)c(OC)cc3c2=O)c1. The van der Waals surface area contributed by atoms with Gasteiger partial charge in [0.2, 0.25) is 5.75 Å². The minimum Gasteiger partial charge on any atom is -0.497 e. The molecule has 1 heterocycles. The van der Waals surface area contributed by atoms with Gasteiger partial charge in [-0.05, 0) is 25.1 Å². The van der Waals surface area contributed by atoms with Crippen molar-refractivity contribution in [3.05, 3.63) is 76.1 Å². The summed E-state index contributed by atoms with van der Waals surface area (Å²) < 4.78 is 23.3. The molecule has 1 aromatic heterocycles. The molecular formula is C27H26N2O6S. The van der Waals surface area contributed by atoms with E-state index in [0.29, 0.717) is 39.2 Å². The van der Waals surface area contributed by atoms with E-state index in [1.165, 1.54) is 37.7 Å². The lowest BCUT2D eigenvalue weighted by molar-refractivity contribution is 0.102. The maximum Gasteiger partial charge on any atom is 0.266 e. The molecule has 0 spiro atoms. The molecule has 0 saturated carbocycles. The number of carbonyl (C=O) groups is 1. The maximum absolute atomic E-state index is 13.9. The molecule has 4 aromatic rings. The number of hydrogen-bond acceptors (Lipinski definition) is 8. The van der Waals surface area contributed by atoms with Gasteiger partial charge in [0.15, 0.2) is 22.4 Å². The Balaban J connectivity index is 1.91. The highest BCUT2D eigenvalue weighted by Crippen LogP contribution is 2.42. The molecule has 0 bridgehead atoms. The summed E-state index contributed by atoms with van der Waals surface area (Å²) in [5.41, 5.74) is 2.17. The van der Waals surface area contributed by atoms with Gasteiger partial charge in [0, 0.05) is 11.6 Å². The largest absolute Gasteiger partial charge is 0.497 e. The van der Waals surface area contributed by atoms with Gasteiger partial charge < -0.3 is 18.9 Å². The zero-order valence-electron chi connectivity index (χ0n) is 20.7. The van der Waals surface area contributed by atoms with E-state index in [1.54, 1.807) is 49.6 Å². The highest BCUT2D eigenvalue weighted by molar-refractivity contribution is 7.99. The topological polar surface area (TPSA) is 88.9 Å². The van der Waals surface area contributed by atoms with Crippen LogP contribution in [-0.4, -0.2) is 49.5 Å². The highest BCUT2D eigenvalue weighted by Gasteiger charge is 2.23. The van der Waals surface area contributed by atoms with Crippen LogP contribution in [0.25, 0.3) is 16.6 Å². The molecule has 0 aliphatic heterocycles. The predicted octanol–water partition coefficient (Wildman–Crippen LogP) is 4.70. The average Bonchev–Trinajstić information content (AvgIpc) is 2.91. The highest BCUT2D eigenvalue weighted by atomic mass is 32.2. The van der Waals surface area contributed by atoms with E-state index >= 15 is 0 Å². The Bertz CT molecular complexity index is 1480. The molecule has 0 N–H and O–H groups in total. The zero-order valence-corrected chi connectivity index (χ0v) is 21.5. The average molecular weight is 507 g/mol. The number of hydrogen-bond donors (Lipinski definition) is 0. The number of aryl methyl sites for hydroxylation is 1. The van der Waals surface area contributed by atoms with Gasteiger partial charge in [0.25, 0.3) is 5.56 Å². The summed E-state index contributed by atoms with van der Waals surface area (Å²) in [6.45, 7) is 1.96. The number of fused-ring (bicyclic) bond motifs is 1. The van der Waals surface area contributed by atoms with Crippen molar-refractivity contribution in [2.75, 3.05) is 34.2 Å². The molecule has 0 saturated heterocycles. The summed E-state index contributed by atoms with van der Waals surface area (Å²) in [6, 6.07) is 16.0. The molecule has 0 aliphatic carbocycles. The number of benzene rings is 3. The van der Waals surface area contributed by atoms with Crippen molar-refractivity contribution in [2.45, 2.75) is 12.1 Å². The predicted molar refractivity (Wildman–Crippen MR) is 140 cm³/mol. The van der Waals surface area contributed by atoms with Crippen molar-refractivity contribution in [1.29, 1.82) is 0 Å². The minimum absolute atomic E-state index is 0.0779. The summed E-state index contributed by atoms with van der Waals surface area (Å²) in [4.78, 5) is 31.6. The van der Waals surface area contributed by atoms with E-state index in [-0.39, 0.29) is 28.2 Å². The molecule has 0 fully saturated rings. The summed E-state index contributed by atoms with van der Waals surface area (Å²) >= 11 is 1.17. The van der Waals surface area contributed by atoms with Gasteiger partial charge in [-0.3, -0.25) is 14.2 Å². The Morgan fingerprint density at radius 3 is 2.28 bits per heavy atom. The van der Waals surface area contributed by atoms with Crippen LogP contribution in [0, 0.1) is 6.92 Å². The number of rotatable bonds is 9. The number of nitrogens with zero attached hydrogens (tertiary/aromatic N) is 2. The minimum atomic E-state index is -0.349. The number of aromatic nitrogens is 2. The first-order chi connectivity index (χ1) is 17.4. The lowest BCUT2D eigenvalue weighted by atomic mass is 10.1. The van der Waals surface area contributed by atoms with Gasteiger partial charge in [-0.1, -0.05) is 47.7 Å². The lowest BCUT2D eigenvalue weighted by Crippen LogP contribution is -2.22. The monoisotopic (exact) mass is 506 g/mol. The first-order valence-electron chi connectivity index (χ1n) is 11.0. The smallest absolute Gasteiger partial charge is 0.266 e. The molecule has 0 atom stereocenters. The number of ether oxygens (including phenoxy) is 4. The molecule has 3 aromatic carbocycles. The first kappa shape index (κ1) is 25.1. The Morgan fingerprint density at radius 1 is 0.917 bits per heavy atom. The zero-order chi connectivity index (χ0) is 25.8. The second-order valence-corrected chi connectivity index (χ2v) is 8.80. The number of carbonyl (C=O) groups excluding carboxylic acids is 1. The van der Waals surface area contributed by atoms with Crippen LogP contribution < -0.4 is 24.5 Å². The third kappa shape index (κ3) is 4.74. The fourth-order valence-electron chi connectivity index (χ4n) is 3.79. The third-order valence-corrected chi connectivity index (χ3v) is 6.59. The lowest BCUT2D eigenvalue weighted by Gasteiger charge is -2.17. The van der Waals surface area contributed by atoms with E-state index in [4.69, 9.17) is 23.9 Å². The van der Waals surface area contributed by atoms with Crippen LogP contribution in [-0.2, 0) is 0 Å². The Hall–Kier alpha value is -3.98. The van der Waals surface area contributed by atoms with E-state index in [0.717, 1.165) is 5.56 Å². The number of methoxy groups -OCH3 is 4. The molecule has 9 heteroatoms. The molecule has 8 nitrogen and oxygen atoms in total. The molecule has 4 rings (SSSR count). The summed E-state index contributed by atoms with van der Waals surface area (Å²) in [5.74, 6) is 1.52. The Labute approximate surface area is 212 Å². The van der Waals surface area contributed by atoms with Gasteiger partial charge in [-0.2, -0.15) is 0 Å². The van der Waals surface area contributed by atoms with Crippen molar-refractivity contribution in [3.8, 4) is 28.7 Å². The van der Waals surface area contributed by atoms with E-state index in [9.17, 15) is 9.59 Å². The standard InChI is InChI=1S/C27H26N2O6S/c1-16-9-11-17(12-10-16)21(30)15-36-27-28-23-20(14-22(33-3)24(34-4)25(23)35-5)26(31)29(27)18-7-6-8-19(13-18)32-2/h6-14H,15H2,1-5H3. The molecule has 0 radical (unpaired) electrons. The van der Waals surface area contributed by atoms with Crippen molar-refractivity contribution in [1.82, 2.24) is 9.55 Å². The molecule has 0 unspecified atom stereocenters. The molecule has 0 aliphatic rings.